The fraction of sp³-hybridized carbons (Fsp3) is 0.636. The monoisotopic (exact) mass is 197 g/mol. The molecular weight excluding hydrogens is 178 g/mol. The van der Waals surface area contributed by atoms with Gasteiger partial charge in [-0.25, -0.2) is 0 Å². The first-order valence-corrected chi connectivity index (χ1v) is 6.09. The molecule has 0 saturated carbocycles. The molecule has 0 aromatic heterocycles. The molecule has 0 amide bonds. The number of hydrogen-bond acceptors (Lipinski definition) is 2. The van der Waals surface area contributed by atoms with Crippen LogP contribution in [0.5, 0.6) is 0 Å². The smallest absolute Gasteiger partial charge is 0.0495 e. The van der Waals surface area contributed by atoms with Crippen molar-refractivity contribution in [1.82, 2.24) is 4.90 Å². The lowest BCUT2D eigenvalue weighted by Crippen LogP contribution is -2.27. The van der Waals surface area contributed by atoms with Gasteiger partial charge in [0.15, 0.2) is 0 Å². The summed E-state index contributed by atoms with van der Waals surface area (Å²) in [6.45, 7) is 12.7. The van der Waals surface area contributed by atoms with Crippen LogP contribution in [0.1, 0.15) is 26.7 Å². The van der Waals surface area contributed by atoms with E-state index in [-0.39, 0.29) is 0 Å². The van der Waals surface area contributed by atoms with Crippen LogP contribution in [0.15, 0.2) is 24.6 Å². The molecule has 0 spiro atoms. The highest BCUT2D eigenvalue weighted by Crippen LogP contribution is 2.37. The summed E-state index contributed by atoms with van der Waals surface area (Å²) in [6, 6.07) is 0.553. The lowest BCUT2D eigenvalue weighted by atomic mass is 10.2. The molecule has 1 aliphatic heterocycles. The van der Waals surface area contributed by atoms with E-state index in [4.69, 9.17) is 0 Å². The van der Waals surface area contributed by atoms with E-state index < -0.39 is 0 Å². The van der Waals surface area contributed by atoms with E-state index in [0.717, 1.165) is 12.8 Å². The van der Waals surface area contributed by atoms with Gasteiger partial charge in [0.05, 0.1) is 0 Å². The zero-order valence-electron chi connectivity index (χ0n) is 8.84. The van der Waals surface area contributed by atoms with Gasteiger partial charge in [-0.2, -0.15) is 11.8 Å². The van der Waals surface area contributed by atoms with Crippen molar-refractivity contribution in [1.29, 1.82) is 0 Å². The van der Waals surface area contributed by atoms with E-state index in [1.807, 2.05) is 11.8 Å². The zero-order chi connectivity index (χ0) is 10.0. The molecule has 0 aliphatic carbocycles. The van der Waals surface area contributed by atoms with Crippen molar-refractivity contribution in [3.05, 3.63) is 24.6 Å². The van der Waals surface area contributed by atoms with Gasteiger partial charge >= 0.3 is 0 Å². The van der Waals surface area contributed by atoms with Gasteiger partial charge in [-0.15, -0.1) is 0 Å². The summed E-state index contributed by atoms with van der Waals surface area (Å²) < 4.78 is 0. The number of nitrogens with zero attached hydrogens (tertiary/aromatic N) is 1. The Labute approximate surface area is 85.9 Å². The van der Waals surface area contributed by atoms with E-state index >= 15 is 0 Å². The van der Waals surface area contributed by atoms with Crippen LogP contribution in [0, 0.1) is 0 Å². The second-order valence-corrected chi connectivity index (χ2v) is 4.65. The summed E-state index contributed by atoms with van der Waals surface area (Å²) in [5.74, 6) is 0. The minimum Gasteiger partial charge on any atom is -0.346 e. The molecule has 2 unspecified atom stereocenters. The lowest BCUT2D eigenvalue weighted by molar-refractivity contribution is 0.347. The summed E-state index contributed by atoms with van der Waals surface area (Å²) in [7, 11) is 0. The van der Waals surface area contributed by atoms with Gasteiger partial charge < -0.3 is 4.90 Å². The van der Waals surface area contributed by atoms with Crippen LogP contribution in [0.3, 0.4) is 0 Å². The first-order chi connectivity index (χ1) is 6.11. The summed E-state index contributed by atoms with van der Waals surface area (Å²) in [4.78, 5) is 2.31. The van der Waals surface area contributed by atoms with Gasteiger partial charge in [0, 0.05) is 29.1 Å². The molecule has 2 atom stereocenters. The highest BCUT2D eigenvalue weighted by atomic mass is 32.2. The van der Waals surface area contributed by atoms with E-state index in [2.05, 4.69) is 38.2 Å². The Bertz CT molecular complexity index is 222. The molecule has 1 fully saturated rings. The Morgan fingerprint density at radius 1 is 1.62 bits per heavy atom. The molecule has 1 heterocycles. The van der Waals surface area contributed by atoms with Gasteiger partial charge in [-0.05, 0) is 19.6 Å². The molecule has 13 heavy (non-hydrogen) atoms. The Morgan fingerprint density at radius 2 is 2.23 bits per heavy atom. The standard InChI is InChI=1S/C11H19NS/c1-6-8(2)12-9(3)7-11(13-5)10(12)4/h8,11H,3-4,6-7H2,1-2,5H3. The molecule has 2 heteroatoms. The third kappa shape index (κ3) is 1.93. The summed E-state index contributed by atoms with van der Waals surface area (Å²) in [5.41, 5.74) is 2.48. The topological polar surface area (TPSA) is 3.24 Å². The Balaban J connectivity index is 2.75. The Kier molecular flexibility index (Phi) is 3.48. The fourth-order valence-electron chi connectivity index (χ4n) is 1.79. The van der Waals surface area contributed by atoms with Crippen LogP contribution >= 0.6 is 11.8 Å². The molecule has 1 saturated heterocycles. The number of likely N-dealkylation sites (tertiary alicyclic amines) is 1. The molecule has 1 aliphatic rings. The summed E-state index contributed by atoms with van der Waals surface area (Å²) in [5, 5.41) is 0.557. The molecule has 0 aromatic carbocycles. The van der Waals surface area contributed by atoms with Crippen LogP contribution < -0.4 is 0 Å². The lowest BCUT2D eigenvalue weighted by Gasteiger charge is -2.28. The third-order valence-corrected chi connectivity index (χ3v) is 3.77. The van der Waals surface area contributed by atoms with Gasteiger partial charge in [0.25, 0.3) is 0 Å². The molecular formula is C11H19NS. The number of rotatable bonds is 3. The normalized spacial score (nSPS) is 25.5. The maximum absolute atomic E-state index is 4.15. The third-order valence-electron chi connectivity index (χ3n) is 2.76. The molecule has 1 nitrogen and oxygen atoms in total. The molecule has 0 bridgehead atoms. The zero-order valence-corrected chi connectivity index (χ0v) is 9.66. The van der Waals surface area contributed by atoms with Gasteiger partial charge in [-0.1, -0.05) is 20.1 Å². The second-order valence-electron chi connectivity index (χ2n) is 3.61. The quantitative estimate of drug-likeness (QED) is 0.683. The van der Waals surface area contributed by atoms with E-state index in [9.17, 15) is 0 Å². The van der Waals surface area contributed by atoms with Crippen LogP contribution in [0.25, 0.3) is 0 Å². The van der Waals surface area contributed by atoms with Crippen molar-refractivity contribution in [3.63, 3.8) is 0 Å². The first kappa shape index (κ1) is 10.7. The van der Waals surface area contributed by atoms with Crippen molar-refractivity contribution in [2.75, 3.05) is 6.26 Å². The molecule has 0 N–H and O–H groups in total. The predicted molar refractivity (Wildman–Crippen MR) is 61.8 cm³/mol. The number of hydrogen-bond donors (Lipinski definition) is 0. The molecule has 0 aromatic rings. The minimum absolute atomic E-state index is 0.553. The van der Waals surface area contributed by atoms with E-state index in [1.165, 1.54) is 11.4 Å². The predicted octanol–water partition coefficient (Wildman–Crippen LogP) is 3.25. The van der Waals surface area contributed by atoms with Crippen molar-refractivity contribution >= 4 is 11.8 Å². The minimum atomic E-state index is 0.553. The number of thioether (sulfide) groups is 1. The average Bonchev–Trinajstić information content (AvgIpc) is 2.40. The van der Waals surface area contributed by atoms with Crippen LogP contribution in [0.2, 0.25) is 0 Å². The molecule has 1 rings (SSSR count). The van der Waals surface area contributed by atoms with Gasteiger partial charge in [-0.3, -0.25) is 0 Å². The van der Waals surface area contributed by atoms with Crippen molar-refractivity contribution in [2.24, 2.45) is 0 Å². The SMILES string of the molecule is C=C1CC(SC)C(=C)N1C(C)CC. The van der Waals surface area contributed by atoms with Crippen LogP contribution in [-0.2, 0) is 0 Å². The molecule has 74 valence electrons. The maximum Gasteiger partial charge on any atom is 0.0495 e. The summed E-state index contributed by atoms with van der Waals surface area (Å²) in [6.07, 6.45) is 4.37. The van der Waals surface area contributed by atoms with Gasteiger partial charge in [0.2, 0.25) is 0 Å². The van der Waals surface area contributed by atoms with Crippen LogP contribution in [0.4, 0.5) is 0 Å². The van der Waals surface area contributed by atoms with Crippen molar-refractivity contribution in [2.45, 2.75) is 38.0 Å². The average molecular weight is 197 g/mol. The Hall–Kier alpha value is -0.370. The van der Waals surface area contributed by atoms with E-state index in [1.54, 1.807) is 0 Å². The highest BCUT2D eigenvalue weighted by molar-refractivity contribution is 7.99. The van der Waals surface area contributed by atoms with Crippen LogP contribution in [-0.4, -0.2) is 22.4 Å². The number of allylic oxidation sites excluding steroid dienone is 1. The largest absolute Gasteiger partial charge is 0.346 e. The van der Waals surface area contributed by atoms with Crippen molar-refractivity contribution in [3.8, 4) is 0 Å². The van der Waals surface area contributed by atoms with Crippen molar-refractivity contribution < 1.29 is 0 Å². The maximum atomic E-state index is 4.15. The fourth-order valence-corrected chi connectivity index (χ4v) is 2.53. The molecule has 0 radical (unpaired) electrons. The second kappa shape index (κ2) is 4.23. The van der Waals surface area contributed by atoms with Gasteiger partial charge in [0.1, 0.15) is 0 Å². The first-order valence-electron chi connectivity index (χ1n) is 4.80. The summed E-state index contributed by atoms with van der Waals surface area (Å²) >= 11 is 1.87. The highest BCUT2D eigenvalue weighted by Gasteiger charge is 2.30. The Morgan fingerprint density at radius 3 is 2.62 bits per heavy atom. The van der Waals surface area contributed by atoms with E-state index in [0.29, 0.717) is 11.3 Å².